The van der Waals surface area contributed by atoms with Crippen LogP contribution in [0.5, 0.6) is 5.75 Å². The lowest BCUT2D eigenvalue weighted by molar-refractivity contribution is -0.136. The van der Waals surface area contributed by atoms with Gasteiger partial charge < -0.3 is 14.5 Å². The summed E-state index contributed by atoms with van der Waals surface area (Å²) in [6, 6.07) is 15.9. The number of hydrogen-bond donors (Lipinski definition) is 0. The Hall–Kier alpha value is -2.82. The molecule has 0 saturated carbocycles. The SMILES string of the molecule is COc1ccc(C2CCCN2C(=O)C2CC(=O)N(c3ccc(C)cc3)C2)cc1. The molecule has 2 unspecified atom stereocenters. The second-order valence-corrected chi connectivity index (χ2v) is 7.70. The molecule has 2 amide bonds. The van der Waals surface area contributed by atoms with Crippen molar-refractivity contribution in [3.8, 4) is 5.75 Å². The van der Waals surface area contributed by atoms with E-state index in [2.05, 4.69) is 0 Å². The Morgan fingerprint density at radius 2 is 1.79 bits per heavy atom. The number of aryl methyl sites for hydroxylation is 1. The quantitative estimate of drug-likeness (QED) is 0.815. The molecular formula is C23H26N2O3. The molecule has 0 bridgehead atoms. The molecule has 2 atom stereocenters. The molecule has 0 aromatic heterocycles. The molecule has 4 rings (SSSR count). The van der Waals surface area contributed by atoms with Crippen molar-refractivity contribution in [2.75, 3.05) is 25.1 Å². The monoisotopic (exact) mass is 378 g/mol. The number of carbonyl (C=O) groups excluding carboxylic acids is 2. The molecule has 2 aliphatic heterocycles. The maximum atomic E-state index is 13.3. The third-order valence-electron chi connectivity index (χ3n) is 5.86. The van der Waals surface area contributed by atoms with Crippen LogP contribution in [0.1, 0.15) is 36.4 Å². The Morgan fingerprint density at radius 3 is 2.46 bits per heavy atom. The van der Waals surface area contributed by atoms with E-state index in [0.29, 0.717) is 13.0 Å². The van der Waals surface area contributed by atoms with Crippen LogP contribution >= 0.6 is 0 Å². The highest BCUT2D eigenvalue weighted by Crippen LogP contribution is 2.36. The molecule has 0 N–H and O–H groups in total. The minimum Gasteiger partial charge on any atom is -0.497 e. The number of methoxy groups -OCH3 is 1. The number of benzene rings is 2. The Bertz CT molecular complexity index is 860. The van der Waals surface area contributed by atoms with Crippen molar-refractivity contribution >= 4 is 17.5 Å². The van der Waals surface area contributed by atoms with Crippen LogP contribution in [0.4, 0.5) is 5.69 Å². The lowest BCUT2D eigenvalue weighted by atomic mass is 10.0. The summed E-state index contributed by atoms with van der Waals surface area (Å²) in [5, 5.41) is 0. The van der Waals surface area contributed by atoms with E-state index < -0.39 is 0 Å². The summed E-state index contributed by atoms with van der Waals surface area (Å²) in [6.07, 6.45) is 2.24. The van der Waals surface area contributed by atoms with E-state index in [1.165, 1.54) is 0 Å². The number of hydrogen-bond acceptors (Lipinski definition) is 3. The van der Waals surface area contributed by atoms with Crippen LogP contribution in [-0.4, -0.2) is 36.9 Å². The predicted molar refractivity (Wildman–Crippen MR) is 108 cm³/mol. The van der Waals surface area contributed by atoms with Gasteiger partial charge in [-0.05, 0) is 49.6 Å². The largest absolute Gasteiger partial charge is 0.497 e. The average molecular weight is 378 g/mol. The number of likely N-dealkylation sites (tertiary alicyclic amines) is 1. The molecule has 0 spiro atoms. The summed E-state index contributed by atoms with van der Waals surface area (Å²) in [7, 11) is 1.65. The minimum atomic E-state index is -0.271. The van der Waals surface area contributed by atoms with Gasteiger partial charge in [-0.2, -0.15) is 0 Å². The molecule has 146 valence electrons. The van der Waals surface area contributed by atoms with Crippen LogP contribution in [0.15, 0.2) is 48.5 Å². The average Bonchev–Trinajstić information content (AvgIpc) is 3.35. The van der Waals surface area contributed by atoms with Crippen LogP contribution < -0.4 is 9.64 Å². The molecule has 28 heavy (non-hydrogen) atoms. The van der Waals surface area contributed by atoms with Gasteiger partial charge in [0, 0.05) is 25.2 Å². The first-order chi connectivity index (χ1) is 13.6. The van der Waals surface area contributed by atoms with Crippen molar-refractivity contribution in [3.63, 3.8) is 0 Å². The number of carbonyl (C=O) groups is 2. The van der Waals surface area contributed by atoms with Crippen LogP contribution in [0, 0.1) is 12.8 Å². The highest BCUT2D eigenvalue weighted by Gasteiger charge is 2.40. The van der Waals surface area contributed by atoms with Gasteiger partial charge in [-0.25, -0.2) is 0 Å². The molecule has 5 nitrogen and oxygen atoms in total. The zero-order valence-electron chi connectivity index (χ0n) is 16.4. The van der Waals surface area contributed by atoms with Gasteiger partial charge in [-0.15, -0.1) is 0 Å². The maximum Gasteiger partial charge on any atom is 0.228 e. The molecule has 2 aromatic carbocycles. The van der Waals surface area contributed by atoms with Crippen molar-refractivity contribution in [1.29, 1.82) is 0 Å². The first-order valence-corrected chi connectivity index (χ1v) is 9.88. The van der Waals surface area contributed by atoms with Gasteiger partial charge in [0.25, 0.3) is 0 Å². The van der Waals surface area contributed by atoms with Gasteiger partial charge in [-0.1, -0.05) is 29.8 Å². The fourth-order valence-corrected chi connectivity index (χ4v) is 4.28. The number of anilines is 1. The third kappa shape index (κ3) is 3.49. The number of rotatable bonds is 4. The van der Waals surface area contributed by atoms with E-state index >= 15 is 0 Å². The minimum absolute atomic E-state index is 0.0300. The molecule has 2 aliphatic rings. The third-order valence-corrected chi connectivity index (χ3v) is 5.86. The Kier molecular flexibility index (Phi) is 5.07. The molecule has 2 fully saturated rings. The summed E-state index contributed by atoms with van der Waals surface area (Å²) >= 11 is 0. The van der Waals surface area contributed by atoms with Crippen molar-refractivity contribution in [2.24, 2.45) is 5.92 Å². The Balaban J connectivity index is 1.48. The molecular weight excluding hydrogens is 352 g/mol. The van der Waals surface area contributed by atoms with Gasteiger partial charge in [0.05, 0.1) is 19.1 Å². The van der Waals surface area contributed by atoms with Gasteiger partial charge in [-0.3, -0.25) is 9.59 Å². The fourth-order valence-electron chi connectivity index (χ4n) is 4.28. The van der Waals surface area contributed by atoms with Crippen molar-refractivity contribution < 1.29 is 14.3 Å². The van der Waals surface area contributed by atoms with E-state index in [4.69, 9.17) is 4.74 Å². The standard InChI is InChI=1S/C23H26N2O3/c1-16-5-9-19(10-6-16)25-15-18(14-22(25)26)23(27)24-13-3-4-21(24)17-7-11-20(28-2)12-8-17/h5-12,18,21H,3-4,13-15H2,1-2H3. The smallest absolute Gasteiger partial charge is 0.228 e. The van der Waals surface area contributed by atoms with Crippen LogP contribution in [0.3, 0.4) is 0 Å². The highest BCUT2D eigenvalue weighted by molar-refractivity contribution is 6.00. The Morgan fingerprint density at radius 1 is 1.07 bits per heavy atom. The molecule has 0 aliphatic carbocycles. The van der Waals surface area contributed by atoms with Gasteiger partial charge in [0.15, 0.2) is 0 Å². The lowest BCUT2D eigenvalue weighted by Crippen LogP contribution is -2.37. The zero-order valence-corrected chi connectivity index (χ0v) is 16.4. The van der Waals surface area contributed by atoms with Crippen LogP contribution in [0.2, 0.25) is 0 Å². The van der Waals surface area contributed by atoms with E-state index in [1.54, 1.807) is 12.0 Å². The molecule has 5 heteroatoms. The van der Waals surface area contributed by atoms with Crippen molar-refractivity contribution in [2.45, 2.75) is 32.2 Å². The summed E-state index contributed by atoms with van der Waals surface area (Å²) in [5.74, 6) is 0.672. The summed E-state index contributed by atoms with van der Waals surface area (Å²) in [4.78, 5) is 29.5. The van der Waals surface area contributed by atoms with E-state index in [1.807, 2.05) is 60.4 Å². The van der Waals surface area contributed by atoms with Crippen molar-refractivity contribution in [1.82, 2.24) is 4.90 Å². The first kappa shape index (κ1) is 18.5. The van der Waals surface area contributed by atoms with Crippen molar-refractivity contribution in [3.05, 3.63) is 59.7 Å². The first-order valence-electron chi connectivity index (χ1n) is 9.88. The normalized spacial score (nSPS) is 22.0. The Labute approximate surface area is 165 Å². The van der Waals surface area contributed by atoms with Crippen LogP contribution in [-0.2, 0) is 9.59 Å². The number of nitrogens with zero attached hydrogens (tertiary/aromatic N) is 2. The maximum absolute atomic E-state index is 13.3. The fraction of sp³-hybridized carbons (Fsp3) is 0.391. The second kappa shape index (κ2) is 7.66. The van der Waals surface area contributed by atoms with Crippen LogP contribution in [0.25, 0.3) is 0 Å². The van der Waals surface area contributed by atoms with Gasteiger partial charge in [0.2, 0.25) is 11.8 Å². The molecule has 2 heterocycles. The zero-order chi connectivity index (χ0) is 19.7. The molecule has 2 saturated heterocycles. The molecule has 0 radical (unpaired) electrons. The predicted octanol–water partition coefficient (Wildman–Crippen LogP) is 3.72. The summed E-state index contributed by atoms with van der Waals surface area (Å²) in [5.41, 5.74) is 3.16. The van der Waals surface area contributed by atoms with Gasteiger partial charge in [0.1, 0.15) is 5.75 Å². The van der Waals surface area contributed by atoms with Gasteiger partial charge >= 0.3 is 0 Å². The van der Waals surface area contributed by atoms with E-state index in [0.717, 1.165) is 42.0 Å². The number of ether oxygens (including phenoxy) is 1. The summed E-state index contributed by atoms with van der Waals surface area (Å²) < 4.78 is 5.24. The highest BCUT2D eigenvalue weighted by atomic mass is 16.5. The van der Waals surface area contributed by atoms with E-state index in [-0.39, 0.29) is 23.8 Å². The summed E-state index contributed by atoms with van der Waals surface area (Å²) in [6.45, 7) is 3.24. The topological polar surface area (TPSA) is 49.9 Å². The lowest BCUT2D eigenvalue weighted by Gasteiger charge is -2.28. The number of amides is 2. The van der Waals surface area contributed by atoms with E-state index in [9.17, 15) is 9.59 Å². The second-order valence-electron chi connectivity index (χ2n) is 7.70. The molecule has 2 aromatic rings.